The van der Waals surface area contributed by atoms with Crippen LogP contribution >= 0.6 is 15.9 Å². The van der Waals surface area contributed by atoms with Crippen molar-refractivity contribution < 1.29 is 14.2 Å². The quantitative estimate of drug-likeness (QED) is 0.880. The SMILES string of the molecule is CC(CCO)c1c(F)cc2c(cnn2C2CCCCO2)c1Br. The van der Waals surface area contributed by atoms with E-state index in [1.165, 1.54) is 6.07 Å². The maximum atomic E-state index is 14.6. The molecule has 22 heavy (non-hydrogen) atoms. The second-order valence-corrected chi connectivity index (χ2v) is 6.64. The van der Waals surface area contributed by atoms with Crippen molar-refractivity contribution in [1.29, 1.82) is 0 Å². The van der Waals surface area contributed by atoms with E-state index in [0.29, 0.717) is 12.0 Å². The number of hydrogen-bond acceptors (Lipinski definition) is 3. The number of fused-ring (bicyclic) bond motifs is 1. The van der Waals surface area contributed by atoms with E-state index in [1.54, 1.807) is 10.9 Å². The summed E-state index contributed by atoms with van der Waals surface area (Å²) in [6.07, 6.45) is 5.24. The summed E-state index contributed by atoms with van der Waals surface area (Å²) < 4.78 is 22.8. The van der Waals surface area contributed by atoms with Crippen LogP contribution in [0.2, 0.25) is 0 Å². The molecule has 0 amide bonds. The Balaban J connectivity index is 2.06. The summed E-state index contributed by atoms with van der Waals surface area (Å²) in [6.45, 7) is 2.68. The summed E-state index contributed by atoms with van der Waals surface area (Å²) in [5.74, 6) is -0.323. The molecule has 1 aliphatic rings. The maximum absolute atomic E-state index is 14.6. The van der Waals surface area contributed by atoms with Crippen LogP contribution in [0.15, 0.2) is 16.7 Å². The summed E-state index contributed by atoms with van der Waals surface area (Å²) in [4.78, 5) is 0. The van der Waals surface area contributed by atoms with Crippen LogP contribution in [-0.4, -0.2) is 28.1 Å². The highest BCUT2D eigenvalue weighted by Gasteiger charge is 2.23. The first kappa shape index (κ1) is 15.9. The Morgan fingerprint density at radius 2 is 2.36 bits per heavy atom. The highest BCUT2D eigenvalue weighted by Crippen LogP contribution is 2.37. The van der Waals surface area contributed by atoms with Crippen molar-refractivity contribution in [3.63, 3.8) is 0 Å². The molecule has 0 saturated carbocycles. The highest BCUT2D eigenvalue weighted by molar-refractivity contribution is 9.10. The van der Waals surface area contributed by atoms with Crippen molar-refractivity contribution in [1.82, 2.24) is 9.78 Å². The largest absolute Gasteiger partial charge is 0.396 e. The van der Waals surface area contributed by atoms with E-state index in [1.807, 2.05) is 6.92 Å². The molecule has 3 rings (SSSR count). The van der Waals surface area contributed by atoms with E-state index in [9.17, 15) is 4.39 Å². The van der Waals surface area contributed by atoms with Gasteiger partial charge in [-0.05, 0) is 47.5 Å². The number of rotatable bonds is 4. The van der Waals surface area contributed by atoms with E-state index in [4.69, 9.17) is 9.84 Å². The number of nitrogens with zero attached hydrogens (tertiary/aromatic N) is 2. The van der Waals surface area contributed by atoms with Gasteiger partial charge < -0.3 is 9.84 Å². The lowest BCUT2D eigenvalue weighted by molar-refractivity contribution is -0.0366. The Kier molecular flexibility index (Phi) is 4.80. The molecule has 2 atom stereocenters. The van der Waals surface area contributed by atoms with Crippen LogP contribution in [0, 0.1) is 5.82 Å². The van der Waals surface area contributed by atoms with E-state index < -0.39 is 0 Å². The molecule has 1 aromatic heterocycles. The summed E-state index contributed by atoms with van der Waals surface area (Å²) in [5, 5.41) is 14.4. The van der Waals surface area contributed by atoms with Gasteiger partial charge in [0.25, 0.3) is 0 Å². The second-order valence-electron chi connectivity index (χ2n) is 5.84. The van der Waals surface area contributed by atoms with E-state index >= 15 is 0 Å². The van der Waals surface area contributed by atoms with E-state index in [-0.39, 0.29) is 24.6 Å². The number of ether oxygens (including phenoxy) is 1. The molecule has 2 unspecified atom stereocenters. The molecule has 1 saturated heterocycles. The highest BCUT2D eigenvalue weighted by atomic mass is 79.9. The van der Waals surface area contributed by atoms with Crippen LogP contribution in [0.4, 0.5) is 4.39 Å². The van der Waals surface area contributed by atoms with Crippen LogP contribution in [0.1, 0.15) is 50.3 Å². The van der Waals surface area contributed by atoms with Gasteiger partial charge in [0.05, 0.1) is 11.7 Å². The summed E-state index contributed by atoms with van der Waals surface area (Å²) in [7, 11) is 0. The summed E-state index contributed by atoms with van der Waals surface area (Å²) >= 11 is 3.52. The number of aliphatic hydroxyl groups is 1. The topological polar surface area (TPSA) is 47.3 Å². The lowest BCUT2D eigenvalue weighted by Crippen LogP contribution is -2.19. The van der Waals surface area contributed by atoms with Crippen molar-refractivity contribution in [2.45, 2.75) is 44.8 Å². The third kappa shape index (κ3) is 2.79. The Hall–Kier alpha value is -0.980. The number of benzene rings is 1. The average molecular weight is 371 g/mol. The van der Waals surface area contributed by atoms with Crippen LogP contribution in [-0.2, 0) is 4.74 Å². The van der Waals surface area contributed by atoms with Gasteiger partial charge >= 0.3 is 0 Å². The molecule has 0 aliphatic carbocycles. The first-order valence-corrected chi connectivity index (χ1v) is 8.50. The van der Waals surface area contributed by atoms with Crippen molar-refractivity contribution in [3.05, 3.63) is 28.1 Å². The van der Waals surface area contributed by atoms with Crippen LogP contribution in [0.3, 0.4) is 0 Å². The normalized spacial score (nSPS) is 20.5. The third-order valence-corrected chi connectivity index (χ3v) is 5.17. The predicted octanol–water partition coefficient (Wildman–Crippen LogP) is 4.12. The molecular weight excluding hydrogens is 351 g/mol. The molecule has 2 heterocycles. The Morgan fingerprint density at radius 1 is 1.55 bits per heavy atom. The lowest BCUT2D eigenvalue weighted by Gasteiger charge is -2.23. The molecule has 4 nitrogen and oxygen atoms in total. The minimum Gasteiger partial charge on any atom is -0.396 e. The van der Waals surface area contributed by atoms with Gasteiger partial charge in [-0.25, -0.2) is 9.07 Å². The molecule has 0 spiro atoms. The third-order valence-electron chi connectivity index (χ3n) is 4.31. The monoisotopic (exact) mass is 370 g/mol. The minimum absolute atomic E-state index is 0.0419. The number of aromatic nitrogens is 2. The zero-order chi connectivity index (χ0) is 15.7. The molecule has 120 valence electrons. The molecular formula is C16H20BrFN2O2. The Labute approximate surface area is 137 Å². The molecule has 1 fully saturated rings. The van der Waals surface area contributed by atoms with Gasteiger partial charge in [0.15, 0.2) is 6.23 Å². The van der Waals surface area contributed by atoms with Gasteiger partial charge in [0.2, 0.25) is 0 Å². The van der Waals surface area contributed by atoms with Crippen molar-refractivity contribution in [3.8, 4) is 0 Å². The van der Waals surface area contributed by atoms with Gasteiger partial charge in [-0.3, -0.25) is 0 Å². The first-order valence-electron chi connectivity index (χ1n) is 7.71. The predicted molar refractivity (Wildman–Crippen MR) is 86.3 cm³/mol. The molecule has 0 bridgehead atoms. The molecule has 6 heteroatoms. The summed E-state index contributed by atoms with van der Waals surface area (Å²) in [6, 6.07) is 1.54. The minimum atomic E-state index is -0.266. The lowest BCUT2D eigenvalue weighted by atomic mass is 9.96. The fourth-order valence-corrected chi connectivity index (χ4v) is 3.95. The molecule has 0 radical (unpaired) electrons. The van der Waals surface area contributed by atoms with Crippen LogP contribution < -0.4 is 0 Å². The number of hydrogen-bond donors (Lipinski definition) is 1. The Morgan fingerprint density at radius 3 is 3.05 bits per heavy atom. The molecule has 2 aromatic rings. The van der Waals surface area contributed by atoms with Crippen molar-refractivity contribution >= 4 is 26.8 Å². The number of aliphatic hydroxyl groups excluding tert-OH is 1. The Bertz CT molecular complexity index is 668. The molecule has 1 aromatic carbocycles. The maximum Gasteiger partial charge on any atom is 0.150 e. The fourth-order valence-electron chi connectivity index (χ4n) is 3.07. The van der Waals surface area contributed by atoms with Crippen molar-refractivity contribution in [2.24, 2.45) is 0 Å². The van der Waals surface area contributed by atoms with Gasteiger partial charge in [-0.2, -0.15) is 5.10 Å². The van der Waals surface area contributed by atoms with Gasteiger partial charge in [-0.1, -0.05) is 6.92 Å². The van der Waals surface area contributed by atoms with Gasteiger partial charge in [-0.15, -0.1) is 0 Å². The molecule has 1 N–H and O–H groups in total. The standard InChI is InChI=1S/C16H20BrFN2O2/c1-10(5-6-21)15-12(18)8-13-11(16(15)17)9-19-20(13)14-4-2-3-7-22-14/h8-10,14,21H,2-7H2,1H3. The summed E-state index contributed by atoms with van der Waals surface area (Å²) in [5.41, 5.74) is 1.35. The van der Waals surface area contributed by atoms with E-state index in [2.05, 4.69) is 21.0 Å². The van der Waals surface area contributed by atoms with Crippen LogP contribution in [0.5, 0.6) is 0 Å². The zero-order valence-electron chi connectivity index (χ0n) is 12.6. The van der Waals surface area contributed by atoms with Crippen LogP contribution in [0.25, 0.3) is 10.9 Å². The van der Waals surface area contributed by atoms with E-state index in [0.717, 1.165) is 41.2 Å². The fraction of sp³-hybridized carbons (Fsp3) is 0.562. The van der Waals surface area contributed by atoms with Gasteiger partial charge in [0, 0.05) is 34.7 Å². The van der Waals surface area contributed by atoms with Crippen molar-refractivity contribution in [2.75, 3.05) is 13.2 Å². The molecule has 1 aliphatic heterocycles. The average Bonchev–Trinajstić information content (AvgIpc) is 2.92. The van der Waals surface area contributed by atoms with Gasteiger partial charge in [0.1, 0.15) is 5.82 Å². The first-order chi connectivity index (χ1) is 10.6. The smallest absolute Gasteiger partial charge is 0.150 e. The second kappa shape index (κ2) is 6.64. The zero-order valence-corrected chi connectivity index (χ0v) is 14.1. The number of halogens is 2.